The zero-order valence-electron chi connectivity index (χ0n) is 13.8. The van der Waals surface area contributed by atoms with Crippen LogP contribution in [0, 0.1) is 6.92 Å². The normalized spacial score (nSPS) is 13.9. The highest BCUT2D eigenvalue weighted by Crippen LogP contribution is 2.36. The number of methoxy groups -OCH3 is 1. The molecule has 0 radical (unpaired) electrons. The van der Waals surface area contributed by atoms with E-state index in [9.17, 15) is 18.0 Å². The van der Waals surface area contributed by atoms with E-state index in [0.717, 1.165) is 11.6 Å². The third-order valence-corrected chi connectivity index (χ3v) is 5.32. The number of hydrogen-bond donors (Lipinski definition) is 0. The topological polar surface area (TPSA) is 86.7 Å². The van der Waals surface area contributed by atoms with Crippen LogP contribution in [0.15, 0.2) is 52.4 Å². The highest BCUT2D eigenvalue weighted by Gasteiger charge is 2.31. The van der Waals surface area contributed by atoms with Gasteiger partial charge in [0, 0.05) is 17.7 Å². The number of ether oxygens (including phenoxy) is 1. The van der Waals surface area contributed by atoms with Crippen molar-refractivity contribution in [2.75, 3.05) is 7.11 Å². The van der Waals surface area contributed by atoms with Crippen LogP contribution in [0.1, 0.15) is 26.3 Å². The van der Waals surface area contributed by atoms with Gasteiger partial charge in [0.05, 0.1) is 17.7 Å². The van der Waals surface area contributed by atoms with Gasteiger partial charge in [0.25, 0.3) is 0 Å². The van der Waals surface area contributed by atoms with Crippen molar-refractivity contribution < 1.29 is 26.9 Å². The molecular formula is C18H13ClO6S. The van der Waals surface area contributed by atoms with Crippen LogP contribution in [0.4, 0.5) is 0 Å². The lowest BCUT2D eigenvalue weighted by molar-refractivity contribution is 0.0988. The first kappa shape index (κ1) is 18.2. The summed E-state index contributed by atoms with van der Waals surface area (Å²) in [5.41, 5.74) is 0.634. The van der Waals surface area contributed by atoms with Crippen LogP contribution >= 0.6 is 11.6 Å². The average molecular weight is 393 g/mol. The molecule has 0 saturated carbocycles. The predicted molar refractivity (Wildman–Crippen MR) is 94.6 cm³/mol. The molecular weight excluding hydrogens is 380 g/mol. The molecule has 3 rings (SSSR count). The monoisotopic (exact) mass is 392 g/mol. The lowest BCUT2D eigenvalue weighted by Crippen LogP contribution is -2.18. The summed E-state index contributed by atoms with van der Waals surface area (Å²) in [4.78, 5) is 24.5. The van der Waals surface area contributed by atoms with Gasteiger partial charge in [-0.3, -0.25) is 9.59 Å². The molecule has 0 fully saturated rings. The fraction of sp³-hybridized carbons (Fsp3) is 0.111. The van der Waals surface area contributed by atoms with Crippen LogP contribution in [-0.4, -0.2) is 27.1 Å². The highest BCUT2D eigenvalue weighted by molar-refractivity contribution is 7.87. The molecule has 0 amide bonds. The standard InChI is InChI=1S/C18H13ClO6S/c1-10-3-5-12(6-4-10)26(22,23)25-16-8-11(24-2)7-13-17(16)15(20)9-14(19)18(13)21/h3-9H,1-2H3. The number of aryl methyl sites for hydroxylation is 1. The Morgan fingerprint density at radius 1 is 1.04 bits per heavy atom. The average Bonchev–Trinajstić information content (AvgIpc) is 2.59. The van der Waals surface area contributed by atoms with E-state index in [1.807, 2.05) is 6.92 Å². The van der Waals surface area contributed by atoms with E-state index < -0.39 is 21.7 Å². The van der Waals surface area contributed by atoms with Crippen LogP contribution in [0.5, 0.6) is 11.5 Å². The third-order valence-electron chi connectivity index (χ3n) is 3.79. The van der Waals surface area contributed by atoms with Crippen molar-refractivity contribution in [1.29, 1.82) is 0 Å². The molecule has 0 heterocycles. The van der Waals surface area contributed by atoms with Crippen molar-refractivity contribution in [2.24, 2.45) is 0 Å². The van der Waals surface area contributed by atoms with Crippen molar-refractivity contribution in [3.63, 3.8) is 0 Å². The van der Waals surface area contributed by atoms with Gasteiger partial charge in [0.1, 0.15) is 10.6 Å². The molecule has 2 aromatic carbocycles. The smallest absolute Gasteiger partial charge is 0.339 e. The fourth-order valence-corrected chi connectivity index (χ4v) is 3.59. The van der Waals surface area contributed by atoms with Crippen LogP contribution in [0.3, 0.4) is 0 Å². The van der Waals surface area contributed by atoms with Crippen LogP contribution < -0.4 is 8.92 Å². The summed E-state index contributed by atoms with van der Waals surface area (Å²) in [6.45, 7) is 1.82. The van der Waals surface area contributed by atoms with E-state index in [1.165, 1.54) is 31.4 Å². The summed E-state index contributed by atoms with van der Waals surface area (Å²) in [5, 5.41) is -0.261. The fourth-order valence-electron chi connectivity index (χ4n) is 2.46. The molecule has 1 aliphatic carbocycles. The Morgan fingerprint density at radius 3 is 2.31 bits per heavy atom. The predicted octanol–water partition coefficient (Wildman–Crippen LogP) is 3.27. The molecule has 134 valence electrons. The van der Waals surface area contributed by atoms with Crippen molar-refractivity contribution in [3.05, 3.63) is 64.2 Å². The van der Waals surface area contributed by atoms with Gasteiger partial charge in [-0.25, -0.2) is 0 Å². The van der Waals surface area contributed by atoms with Gasteiger partial charge in [-0.05, 0) is 25.1 Å². The Kier molecular flexibility index (Phi) is 4.60. The molecule has 0 saturated heterocycles. The molecule has 1 aliphatic rings. The minimum atomic E-state index is -4.22. The number of fused-ring (bicyclic) bond motifs is 1. The largest absolute Gasteiger partial charge is 0.497 e. The summed E-state index contributed by atoms with van der Waals surface area (Å²) >= 11 is 5.77. The molecule has 0 spiro atoms. The first-order valence-corrected chi connectivity index (χ1v) is 9.21. The van der Waals surface area contributed by atoms with E-state index in [1.54, 1.807) is 12.1 Å². The lowest BCUT2D eigenvalue weighted by Gasteiger charge is -2.17. The van der Waals surface area contributed by atoms with E-state index in [-0.39, 0.29) is 32.6 Å². The van der Waals surface area contributed by atoms with Gasteiger partial charge in [-0.2, -0.15) is 8.42 Å². The second-order valence-electron chi connectivity index (χ2n) is 5.58. The van der Waals surface area contributed by atoms with Crippen LogP contribution in [0.25, 0.3) is 0 Å². The number of halogens is 1. The van der Waals surface area contributed by atoms with Crippen LogP contribution in [0.2, 0.25) is 0 Å². The zero-order valence-corrected chi connectivity index (χ0v) is 15.3. The maximum Gasteiger partial charge on any atom is 0.339 e. The van der Waals surface area contributed by atoms with E-state index in [2.05, 4.69) is 0 Å². The number of rotatable bonds is 4. The summed E-state index contributed by atoms with van der Waals surface area (Å²) in [6.07, 6.45) is 0.935. The Hall–Kier alpha value is -2.64. The van der Waals surface area contributed by atoms with Crippen molar-refractivity contribution in [2.45, 2.75) is 11.8 Å². The number of ketones is 2. The van der Waals surface area contributed by atoms with E-state index >= 15 is 0 Å². The molecule has 6 nitrogen and oxygen atoms in total. The molecule has 8 heteroatoms. The van der Waals surface area contributed by atoms with Gasteiger partial charge < -0.3 is 8.92 Å². The van der Waals surface area contributed by atoms with Gasteiger partial charge in [0.2, 0.25) is 5.78 Å². The Balaban J connectivity index is 2.13. The molecule has 0 aliphatic heterocycles. The van der Waals surface area contributed by atoms with Gasteiger partial charge in [0.15, 0.2) is 11.5 Å². The lowest BCUT2D eigenvalue weighted by atomic mass is 9.93. The molecule has 0 bridgehead atoms. The minimum absolute atomic E-state index is 0.0732. The number of hydrogen-bond acceptors (Lipinski definition) is 6. The second kappa shape index (κ2) is 6.59. The second-order valence-corrected chi connectivity index (χ2v) is 7.54. The highest BCUT2D eigenvalue weighted by atomic mass is 35.5. The minimum Gasteiger partial charge on any atom is -0.497 e. The Bertz CT molecular complexity index is 1050. The van der Waals surface area contributed by atoms with E-state index in [4.69, 9.17) is 20.5 Å². The molecule has 0 atom stereocenters. The van der Waals surface area contributed by atoms with Crippen molar-refractivity contribution in [1.82, 2.24) is 0 Å². The molecule has 0 N–H and O–H groups in total. The van der Waals surface area contributed by atoms with Gasteiger partial charge in [-0.1, -0.05) is 29.3 Å². The number of allylic oxidation sites excluding steroid dienone is 2. The maximum atomic E-state index is 12.6. The summed E-state index contributed by atoms with van der Waals surface area (Å²) in [7, 11) is -2.88. The SMILES string of the molecule is COc1cc(OS(=O)(=O)c2ccc(C)cc2)c2c(c1)C(=O)C(Cl)=CC2=O. The number of benzene rings is 2. The quantitative estimate of drug-likeness (QED) is 0.742. The number of Topliss-reactive ketones (excluding diaryl/α,β-unsaturated/α-hetero) is 1. The van der Waals surface area contributed by atoms with Crippen LogP contribution in [-0.2, 0) is 10.1 Å². The summed E-state index contributed by atoms with van der Waals surface area (Å²) < 4.78 is 35.3. The van der Waals surface area contributed by atoms with E-state index in [0.29, 0.717) is 0 Å². The summed E-state index contributed by atoms with van der Waals surface area (Å²) in [5.74, 6) is -1.37. The first-order valence-electron chi connectivity index (χ1n) is 7.42. The zero-order chi connectivity index (χ0) is 19.1. The van der Waals surface area contributed by atoms with Crippen molar-refractivity contribution >= 4 is 33.3 Å². The molecule has 0 unspecified atom stereocenters. The Morgan fingerprint density at radius 2 is 1.69 bits per heavy atom. The molecule has 2 aromatic rings. The maximum absolute atomic E-state index is 12.6. The van der Waals surface area contributed by atoms with Gasteiger partial charge >= 0.3 is 10.1 Å². The third kappa shape index (κ3) is 3.23. The number of carbonyl (C=O) groups is 2. The Labute approximate surface area is 155 Å². The first-order chi connectivity index (χ1) is 12.2. The molecule has 26 heavy (non-hydrogen) atoms. The van der Waals surface area contributed by atoms with Gasteiger partial charge in [-0.15, -0.1) is 0 Å². The number of carbonyl (C=O) groups excluding carboxylic acids is 2. The molecule has 0 aromatic heterocycles. The summed E-state index contributed by atoms with van der Waals surface area (Å²) in [6, 6.07) is 8.57. The van der Waals surface area contributed by atoms with Crippen molar-refractivity contribution in [3.8, 4) is 11.5 Å².